The highest BCUT2D eigenvalue weighted by atomic mass is 32.2. The first kappa shape index (κ1) is 20.4. The second-order valence-electron chi connectivity index (χ2n) is 6.85. The normalized spacial score (nSPS) is 11.4. The molecule has 5 N–H and O–H groups in total. The Morgan fingerprint density at radius 1 is 1.00 bits per heavy atom. The zero-order chi connectivity index (χ0) is 22.2. The van der Waals surface area contributed by atoms with Gasteiger partial charge in [0.1, 0.15) is 5.52 Å². The van der Waals surface area contributed by atoms with Gasteiger partial charge < -0.3 is 11.1 Å². The summed E-state index contributed by atoms with van der Waals surface area (Å²) in [5.41, 5.74) is 7.62. The van der Waals surface area contributed by atoms with Crippen LogP contribution in [0.4, 0.5) is 21.6 Å². The number of fused-ring (bicyclic) bond motifs is 1. The van der Waals surface area contributed by atoms with E-state index >= 15 is 0 Å². The summed E-state index contributed by atoms with van der Waals surface area (Å²) >= 11 is 0. The number of nitrogens with zero attached hydrogens (tertiary/aromatic N) is 1. The minimum absolute atomic E-state index is 0.0407. The van der Waals surface area contributed by atoms with Gasteiger partial charge in [0, 0.05) is 29.2 Å². The number of nitrogen functional groups attached to an aromatic ring is 1. The van der Waals surface area contributed by atoms with E-state index in [2.05, 4.69) is 20.2 Å². The van der Waals surface area contributed by atoms with Gasteiger partial charge in [-0.05, 0) is 48.0 Å². The van der Waals surface area contributed by atoms with Crippen LogP contribution in [0, 0.1) is 5.82 Å². The van der Waals surface area contributed by atoms with Gasteiger partial charge >= 0.3 is 0 Å². The lowest BCUT2D eigenvalue weighted by Crippen LogP contribution is -2.13. The molecule has 0 aliphatic rings. The molecule has 158 valence electrons. The van der Waals surface area contributed by atoms with E-state index in [1.165, 1.54) is 31.2 Å². The molecule has 3 aromatic carbocycles. The van der Waals surface area contributed by atoms with Gasteiger partial charge in [0.05, 0.1) is 4.90 Å². The second kappa shape index (κ2) is 7.73. The van der Waals surface area contributed by atoms with Crippen molar-refractivity contribution in [1.29, 1.82) is 0 Å². The second-order valence-corrected chi connectivity index (χ2v) is 8.53. The van der Waals surface area contributed by atoms with Crippen LogP contribution < -0.4 is 15.8 Å². The monoisotopic (exact) mass is 439 g/mol. The first-order valence-electron chi connectivity index (χ1n) is 9.17. The van der Waals surface area contributed by atoms with Crippen molar-refractivity contribution in [1.82, 2.24) is 10.2 Å². The van der Waals surface area contributed by atoms with E-state index in [9.17, 15) is 17.6 Å². The van der Waals surface area contributed by atoms with E-state index in [0.717, 1.165) is 0 Å². The Hall–Kier alpha value is -3.92. The molecule has 1 amide bonds. The quantitative estimate of drug-likeness (QED) is 0.377. The van der Waals surface area contributed by atoms with Crippen LogP contribution in [0.15, 0.2) is 65.6 Å². The summed E-state index contributed by atoms with van der Waals surface area (Å²) in [6.07, 6.45) is 0. The SMILES string of the molecule is CC(=O)Nc1ccc(S(=O)(=O)Nc2ccc(-c3ccc4c(N)n[nH]c4c3F)cc2)cc1. The Morgan fingerprint density at radius 3 is 2.29 bits per heavy atom. The third-order valence-corrected chi connectivity index (χ3v) is 6.04. The molecule has 4 rings (SSSR count). The minimum Gasteiger partial charge on any atom is -0.382 e. The third-order valence-electron chi connectivity index (χ3n) is 4.64. The summed E-state index contributed by atoms with van der Waals surface area (Å²) in [6.45, 7) is 1.37. The van der Waals surface area contributed by atoms with Crippen molar-refractivity contribution in [2.45, 2.75) is 11.8 Å². The first-order chi connectivity index (χ1) is 14.7. The molecule has 0 bridgehead atoms. The fourth-order valence-electron chi connectivity index (χ4n) is 3.15. The average Bonchev–Trinajstić information content (AvgIpc) is 3.11. The number of carbonyl (C=O) groups excluding carboxylic acids is 1. The van der Waals surface area contributed by atoms with Gasteiger partial charge in [0.15, 0.2) is 11.6 Å². The van der Waals surface area contributed by atoms with Gasteiger partial charge in [-0.2, -0.15) is 5.10 Å². The number of nitrogens with one attached hydrogen (secondary N) is 3. The van der Waals surface area contributed by atoms with Gasteiger partial charge in [0.2, 0.25) is 5.91 Å². The number of aromatic nitrogens is 2. The highest BCUT2D eigenvalue weighted by molar-refractivity contribution is 7.92. The number of halogens is 1. The highest BCUT2D eigenvalue weighted by Gasteiger charge is 2.16. The number of amides is 1. The lowest BCUT2D eigenvalue weighted by molar-refractivity contribution is -0.114. The molecule has 0 aliphatic carbocycles. The van der Waals surface area contributed by atoms with Gasteiger partial charge in [-0.15, -0.1) is 0 Å². The Balaban J connectivity index is 1.56. The van der Waals surface area contributed by atoms with E-state index < -0.39 is 15.8 Å². The lowest BCUT2D eigenvalue weighted by Gasteiger charge is -2.10. The van der Waals surface area contributed by atoms with E-state index in [1.54, 1.807) is 36.4 Å². The van der Waals surface area contributed by atoms with Crippen molar-refractivity contribution in [2.75, 3.05) is 15.8 Å². The van der Waals surface area contributed by atoms with Crippen LogP contribution in [-0.2, 0) is 14.8 Å². The number of aromatic amines is 1. The molecule has 8 nitrogen and oxygen atoms in total. The lowest BCUT2D eigenvalue weighted by atomic mass is 10.0. The Bertz CT molecular complexity index is 1380. The van der Waals surface area contributed by atoms with Gasteiger partial charge in [-0.25, -0.2) is 12.8 Å². The van der Waals surface area contributed by atoms with E-state index in [1.807, 2.05) is 0 Å². The molecule has 0 spiro atoms. The zero-order valence-electron chi connectivity index (χ0n) is 16.3. The maximum absolute atomic E-state index is 14.8. The van der Waals surface area contributed by atoms with Crippen LogP contribution in [0.5, 0.6) is 0 Å². The number of sulfonamides is 1. The Labute approximate surface area is 177 Å². The van der Waals surface area contributed by atoms with Crippen LogP contribution in [0.25, 0.3) is 22.0 Å². The molecule has 0 aliphatic heterocycles. The van der Waals surface area contributed by atoms with Crippen molar-refractivity contribution in [3.63, 3.8) is 0 Å². The third kappa shape index (κ3) is 4.05. The van der Waals surface area contributed by atoms with E-state index in [-0.39, 0.29) is 22.1 Å². The Kier molecular flexibility index (Phi) is 5.07. The molecular weight excluding hydrogens is 421 g/mol. The summed E-state index contributed by atoms with van der Waals surface area (Å²) in [5.74, 6) is -0.523. The average molecular weight is 439 g/mol. The smallest absolute Gasteiger partial charge is 0.261 e. The summed E-state index contributed by atoms with van der Waals surface area (Å²) in [4.78, 5) is 11.1. The molecule has 0 saturated carbocycles. The molecule has 0 radical (unpaired) electrons. The fraction of sp³-hybridized carbons (Fsp3) is 0.0476. The number of H-pyrrole nitrogens is 1. The van der Waals surface area contributed by atoms with Crippen LogP contribution in [0.2, 0.25) is 0 Å². The van der Waals surface area contributed by atoms with Gasteiger partial charge in [0.25, 0.3) is 10.0 Å². The summed E-state index contributed by atoms with van der Waals surface area (Å²) in [5, 5.41) is 9.46. The van der Waals surface area contributed by atoms with E-state index in [0.29, 0.717) is 27.9 Å². The van der Waals surface area contributed by atoms with Gasteiger partial charge in [-0.1, -0.05) is 18.2 Å². The molecule has 4 aromatic rings. The Morgan fingerprint density at radius 2 is 1.65 bits per heavy atom. The number of benzene rings is 3. The molecule has 1 heterocycles. The highest BCUT2D eigenvalue weighted by Crippen LogP contribution is 2.31. The summed E-state index contributed by atoms with van der Waals surface area (Å²) < 4.78 is 42.5. The molecule has 1 aromatic heterocycles. The number of hydrogen-bond acceptors (Lipinski definition) is 5. The van der Waals surface area contributed by atoms with Crippen molar-refractivity contribution < 1.29 is 17.6 Å². The predicted octanol–water partition coefficient (Wildman–Crippen LogP) is 3.71. The predicted molar refractivity (Wildman–Crippen MR) is 117 cm³/mol. The van der Waals surface area contributed by atoms with Crippen LogP contribution in [-0.4, -0.2) is 24.5 Å². The maximum Gasteiger partial charge on any atom is 0.261 e. The van der Waals surface area contributed by atoms with Crippen molar-refractivity contribution in [2.24, 2.45) is 0 Å². The maximum atomic E-state index is 14.8. The van der Waals surface area contributed by atoms with Crippen LogP contribution in [0.3, 0.4) is 0 Å². The van der Waals surface area contributed by atoms with Gasteiger partial charge in [-0.3, -0.25) is 14.6 Å². The number of hydrogen-bond donors (Lipinski definition) is 4. The molecule has 0 fully saturated rings. The number of nitrogens with two attached hydrogens (primary N) is 1. The topological polar surface area (TPSA) is 130 Å². The zero-order valence-corrected chi connectivity index (χ0v) is 17.1. The molecule has 0 atom stereocenters. The van der Waals surface area contributed by atoms with Crippen LogP contribution >= 0.6 is 0 Å². The molecule has 0 saturated heterocycles. The minimum atomic E-state index is -3.83. The van der Waals surface area contributed by atoms with Crippen molar-refractivity contribution in [3.8, 4) is 11.1 Å². The first-order valence-corrected chi connectivity index (χ1v) is 10.7. The molecule has 0 unspecified atom stereocenters. The van der Waals surface area contributed by atoms with Crippen molar-refractivity contribution >= 4 is 44.0 Å². The molecule has 10 heteroatoms. The summed E-state index contributed by atoms with van der Waals surface area (Å²) in [7, 11) is -3.83. The van der Waals surface area contributed by atoms with Crippen molar-refractivity contribution in [3.05, 3.63) is 66.5 Å². The molecule has 31 heavy (non-hydrogen) atoms. The number of carbonyl (C=O) groups is 1. The summed E-state index contributed by atoms with van der Waals surface area (Å²) in [6, 6.07) is 15.4. The fourth-order valence-corrected chi connectivity index (χ4v) is 4.21. The number of anilines is 3. The molecular formula is C21H18FN5O3S. The standard InChI is InChI=1S/C21H18FN5O3S/c1-12(28)24-14-6-8-16(9-7-14)31(29,30)27-15-4-2-13(3-5-15)17-10-11-18-20(19(17)22)25-26-21(18)23/h2-11,27H,1H3,(H,24,28)(H3,23,25,26). The van der Waals surface area contributed by atoms with E-state index in [4.69, 9.17) is 5.73 Å². The largest absolute Gasteiger partial charge is 0.382 e. The number of rotatable bonds is 5. The van der Waals surface area contributed by atoms with Crippen LogP contribution in [0.1, 0.15) is 6.92 Å².